The van der Waals surface area contributed by atoms with Gasteiger partial charge in [0.1, 0.15) is 5.75 Å². The third-order valence-corrected chi connectivity index (χ3v) is 7.61. The number of ether oxygens (including phenoxy) is 1. The van der Waals surface area contributed by atoms with Gasteiger partial charge in [0.25, 0.3) is 15.9 Å². The van der Waals surface area contributed by atoms with E-state index in [2.05, 4.69) is 10.1 Å². The van der Waals surface area contributed by atoms with Crippen molar-refractivity contribution in [3.8, 4) is 5.75 Å². The van der Waals surface area contributed by atoms with Gasteiger partial charge in [-0.05, 0) is 43.2 Å². The molecule has 9 nitrogen and oxygen atoms in total. The SMILES string of the molecule is CCc1nc(CN2C(=O)COc3ccc(S(=O)(=O)N4c5ccccc5CC4C)cc32)no1. The summed E-state index contributed by atoms with van der Waals surface area (Å²) in [5, 5.41) is 3.91. The molecule has 0 fully saturated rings. The van der Waals surface area contributed by atoms with Crippen LogP contribution in [0.2, 0.25) is 0 Å². The van der Waals surface area contributed by atoms with Crippen LogP contribution in [0.4, 0.5) is 11.4 Å². The van der Waals surface area contributed by atoms with E-state index in [9.17, 15) is 13.2 Å². The molecule has 1 amide bonds. The van der Waals surface area contributed by atoms with Crippen LogP contribution in [-0.2, 0) is 34.2 Å². The first-order valence-corrected chi connectivity index (χ1v) is 11.8. The van der Waals surface area contributed by atoms with E-state index in [0.717, 1.165) is 5.56 Å². The number of aromatic nitrogens is 2. The molecular formula is C22H22N4O5S. The minimum atomic E-state index is -3.86. The molecule has 3 heterocycles. The molecular weight excluding hydrogens is 432 g/mol. The van der Waals surface area contributed by atoms with Crippen molar-refractivity contribution in [3.63, 3.8) is 0 Å². The molecule has 0 saturated heterocycles. The van der Waals surface area contributed by atoms with Crippen molar-refractivity contribution in [1.29, 1.82) is 0 Å². The number of anilines is 2. The largest absolute Gasteiger partial charge is 0.482 e. The molecule has 0 spiro atoms. The summed E-state index contributed by atoms with van der Waals surface area (Å²) in [5.74, 6) is 0.935. The van der Waals surface area contributed by atoms with Crippen molar-refractivity contribution in [2.24, 2.45) is 0 Å². The predicted octanol–water partition coefficient (Wildman–Crippen LogP) is 2.70. The zero-order chi connectivity index (χ0) is 22.5. The highest BCUT2D eigenvalue weighted by molar-refractivity contribution is 7.92. The van der Waals surface area contributed by atoms with Gasteiger partial charge >= 0.3 is 0 Å². The van der Waals surface area contributed by atoms with Crippen LogP contribution in [0.5, 0.6) is 5.75 Å². The fraction of sp³-hybridized carbons (Fsp3) is 0.318. The molecule has 10 heteroatoms. The summed E-state index contributed by atoms with van der Waals surface area (Å²) in [4.78, 5) is 18.4. The highest BCUT2D eigenvalue weighted by Gasteiger charge is 2.37. The molecule has 0 saturated carbocycles. The number of sulfonamides is 1. The highest BCUT2D eigenvalue weighted by Crippen LogP contribution is 2.40. The summed E-state index contributed by atoms with van der Waals surface area (Å²) in [6, 6.07) is 11.9. The summed E-state index contributed by atoms with van der Waals surface area (Å²) >= 11 is 0. The molecule has 0 radical (unpaired) electrons. The topological polar surface area (TPSA) is 106 Å². The van der Waals surface area contributed by atoms with Crippen molar-refractivity contribution < 1.29 is 22.5 Å². The molecule has 3 aromatic rings. The minimum absolute atomic E-state index is 0.0607. The van der Waals surface area contributed by atoms with Crippen molar-refractivity contribution in [2.45, 2.75) is 44.2 Å². The van der Waals surface area contributed by atoms with E-state index < -0.39 is 10.0 Å². The molecule has 0 bridgehead atoms. The zero-order valence-electron chi connectivity index (χ0n) is 17.7. The Kier molecular flexibility index (Phi) is 4.89. The fourth-order valence-corrected chi connectivity index (χ4v) is 5.89. The van der Waals surface area contributed by atoms with Crippen LogP contribution in [0.25, 0.3) is 0 Å². The lowest BCUT2D eigenvalue weighted by atomic mass is 10.1. The number of amides is 1. The maximum absolute atomic E-state index is 13.6. The average Bonchev–Trinajstić information content (AvgIpc) is 3.38. The number of carbonyl (C=O) groups is 1. The monoisotopic (exact) mass is 454 g/mol. The Bertz CT molecular complexity index is 1300. The number of para-hydroxylation sites is 1. The quantitative estimate of drug-likeness (QED) is 0.583. The Morgan fingerprint density at radius 2 is 1.97 bits per heavy atom. The molecule has 0 aliphatic carbocycles. The van der Waals surface area contributed by atoms with Crippen LogP contribution in [0.3, 0.4) is 0 Å². The Hall–Kier alpha value is -3.40. The van der Waals surface area contributed by atoms with Gasteiger partial charge in [0.15, 0.2) is 12.4 Å². The molecule has 2 aliphatic heterocycles. The molecule has 0 N–H and O–H groups in total. The average molecular weight is 455 g/mol. The van der Waals surface area contributed by atoms with Crippen molar-refractivity contribution in [2.75, 3.05) is 15.8 Å². The van der Waals surface area contributed by atoms with Gasteiger partial charge in [-0.25, -0.2) is 8.42 Å². The number of carbonyl (C=O) groups excluding carboxylic acids is 1. The van der Waals surface area contributed by atoms with Gasteiger partial charge in [0, 0.05) is 12.5 Å². The number of benzene rings is 2. The van der Waals surface area contributed by atoms with Crippen LogP contribution in [0, 0.1) is 0 Å². The van der Waals surface area contributed by atoms with Crippen LogP contribution in [-0.4, -0.2) is 37.1 Å². The zero-order valence-corrected chi connectivity index (χ0v) is 18.5. The second-order valence-corrected chi connectivity index (χ2v) is 9.65. The third-order valence-electron chi connectivity index (χ3n) is 5.69. The lowest BCUT2D eigenvalue weighted by Gasteiger charge is -2.30. The van der Waals surface area contributed by atoms with Crippen LogP contribution < -0.4 is 13.9 Å². The lowest BCUT2D eigenvalue weighted by Crippen LogP contribution is -2.39. The Balaban J connectivity index is 1.53. The van der Waals surface area contributed by atoms with Gasteiger partial charge < -0.3 is 9.26 Å². The van der Waals surface area contributed by atoms with Gasteiger partial charge in [0.2, 0.25) is 5.89 Å². The minimum Gasteiger partial charge on any atom is -0.482 e. The number of nitrogens with zero attached hydrogens (tertiary/aromatic N) is 4. The van der Waals surface area contributed by atoms with Gasteiger partial charge in [-0.1, -0.05) is 30.3 Å². The summed E-state index contributed by atoms with van der Waals surface area (Å²) < 4.78 is 39.4. The van der Waals surface area contributed by atoms with Gasteiger partial charge in [-0.3, -0.25) is 14.0 Å². The molecule has 2 aromatic carbocycles. The maximum atomic E-state index is 13.6. The maximum Gasteiger partial charge on any atom is 0.265 e. The van der Waals surface area contributed by atoms with E-state index in [-0.39, 0.29) is 30.0 Å². The first-order valence-electron chi connectivity index (χ1n) is 10.4. The van der Waals surface area contributed by atoms with Gasteiger partial charge in [-0.2, -0.15) is 4.98 Å². The molecule has 166 valence electrons. The number of hydrogen-bond acceptors (Lipinski definition) is 7. The van der Waals surface area contributed by atoms with Crippen LogP contribution in [0.1, 0.15) is 31.1 Å². The van der Waals surface area contributed by atoms with Crippen molar-refractivity contribution >= 4 is 27.3 Å². The van der Waals surface area contributed by atoms with E-state index in [4.69, 9.17) is 9.26 Å². The summed E-state index contributed by atoms with van der Waals surface area (Å²) in [5.41, 5.74) is 2.04. The Morgan fingerprint density at radius 1 is 1.16 bits per heavy atom. The Morgan fingerprint density at radius 3 is 2.75 bits per heavy atom. The standard InChI is InChI=1S/C22H22N4O5S/c1-3-21-23-20(24-31-21)12-25-18-11-16(8-9-19(18)30-13-22(25)27)32(28,29)26-14(2)10-15-6-4-5-7-17(15)26/h4-9,11,14H,3,10,12-13H2,1-2H3. The number of fused-ring (bicyclic) bond motifs is 2. The van der Waals surface area contributed by atoms with Gasteiger partial charge in [-0.15, -0.1) is 0 Å². The summed E-state index contributed by atoms with van der Waals surface area (Å²) in [6.07, 6.45) is 1.23. The highest BCUT2D eigenvalue weighted by atomic mass is 32.2. The Labute approximate surface area is 185 Å². The first-order chi connectivity index (χ1) is 15.4. The first kappa shape index (κ1) is 20.5. The second-order valence-electron chi connectivity index (χ2n) is 7.84. The van der Waals surface area contributed by atoms with E-state index >= 15 is 0 Å². The molecule has 1 aromatic heterocycles. The van der Waals surface area contributed by atoms with E-state index in [1.165, 1.54) is 21.3 Å². The van der Waals surface area contributed by atoms with Crippen LogP contribution in [0.15, 0.2) is 51.9 Å². The lowest BCUT2D eigenvalue weighted by molar-refractivity contribution is -0.121. The molecule has 1 unspecified atom stereocenters. The smallest absolute Gasteiger partial charge is 0.265 e. The normalized spacial score (nSPS) is 17.8. The predicted molar refractivity (Wildman–Crippen MR) is 116 cm³/mol. The molecule has 5 rings (SSSR count). The second kappa shape index (κ2) is 7.63. The van der Waals surface area contributed by atoms with E-state index in [1.54, 1.807) is 6.07 Å². The fourth-order valence-electron chi connectivity index (χ4n) is 4.17. The molecule has 32 heavy (non-hydrogen) atoms. The number of rotatable bonds is 5. The summed E-state index contributed by atoms with van der Waals surface area (Å²) in [7, 11) is -3.86. The third kappa shape index (κ3) is 3.31. The van der Waals surface area contributed by atoms with Crippen molar-refractivity contribution in [3.05, 3.63) is 59.7 Å². The van der Waals surface area contributed by atoms with E-state index in [1.807, 2.05) is 38.1 Å². The molecule has 2 aliphatic rings. The number of hydrogen-bond donors (Lipinski definition) is 0. The van der Waals surface area contributed by atoms with E-state index in [0.29, 0.717) is 41.7 Å². The van der Waals surface area contributed by atoms with Crippen LogP contribution >= 0.6 is 0 Å². The molecule has 1 atom stereocenters. The van der Waals surface area contributed by atoms with Crippen molar-refractivity contribution in [1.82, 2.24) is 10.1 Å². The number of aryl methyl sites for hydroxylation is 1. The summed E-state index contributed by atoms with van der Waals surface area (Å²) in [6.45, 7) is 3.69. The van der Waals surface area contributed by atoms with Gasteiger partial charge in [0.05, 0.1) is 22.8 Å².